The zero-order chi connectivity index (χ0) is 14.5. The third-order valence-electron chi connectivity index (χ3n) is 3.44. The van der Waals surface area contributed by atoms with E-state index >= 15 is 0 Å². The molecule has 0 saturated heterocycles. The highest BCUT2D eigenvalue weighted by molar-refractivity contribution is 6.31. The normalized spacial score (nSPS) is 12.2. The first kappa shape index (κ1) is 14.9. The number of rotatable bonds is 5. The van der Waals surface area contributed by atoms with Gasteiger partial charge in [0.05, 0.1) is 0 Å². The Bertz CT molecular complexity index is 549. The van der Waals surface area contributed by atoms with Crippen LogP contribution in [0.2, 0.25) is 5.02 Å². The van der Waals surface area contributed by atoms with Crippen LogP contribution in [-0.2, 0) is 6.54 Å². The fourth-order valence-electron chi connectivity index (χ4n) is 2.12. The summed E-state index contributed by atoms with van der Waals surface area (Å²) in [5, 5.41) is 4.32. The smallest absolute Gasteiger partial charge is 0.0453 e. The van der Waals surface area contributed by atoms with E-state index in [0.29, 0.717) is 0 Å². The van der Waals surface area contributed by atoms with E-state index < -0.39 is 0 Å². The second-order valence-electron chi connectivity index (χ2n) is 5.18. The van der Waals surface area contributed by atoms with Crippen molar-refractivity contribution in [2.75, 3.05) is 19.0 Å². The first-order chi connectivity index (χ1) is 9.58. The van der Waals surface area contributed by atoms with Gasteiger partial charge in [-0.1, -0.05) is 41.9 Å². The zero-order valence-electron chi connectivity index (χ0n) is 12.2. The summed E-state index contributed by atoms with van der Waals surface area (Å²) < 4.78 is 0. The Hall–Kier alpha value is -1.51. The summed E-state index contributed by atoms with van der Waals surface area (Å²) in [6.45, 7) is 2.97. The molecule has 0 spiro atoms. The molecular formula is C17H21ClN2. The van der Waals surface area contributed by atoms with Crippen LogP contribution in [0, 0.1) is 0 Å². The Balaban J connectivity index is 1.96. The van der Waals surface area contributed by atoms with Crippen LogP contribution in [0.4, 0.5) is 5.69 Å². The molecule has 2 rings (SSSR count). The summed E-state index contributed by atoms with van der Waals surface area (Å²) in [7, 11) is 4.10. The molecule has 0 aliphatic rings. The summed E-state index contributed by atoms with van der Waals surface area (Å²) in [5.41, 5.74) is 3.63. The average molecular weight is 289 g/mol. The minimum absolute atomic E-state index is 0.234. The van der Waals surface area contributed by atoms with Crippen LogP contribution < -0.4 is 10.2 Å². The molecule has 0 aliphatic heterocycles. The molecule has 2 nitrogen and oxygen atoms in total. The molecule has 0 radical (unpaired) electrons. The quantitative estimate of drug-likeness (QED) is 0.884. The fraction of sp³-hybridized carbons (Fsp3) is 0.294. The van der Waals surface area contributed by atoms with E-state index in [-0.39, 0.29) is 6.04 Å². The van der Waals surface area contributed by atoms with Crippen molar-refractivity contribution in [3.8, 4) is 0 Å². The molecule has 106 valence electrons. The summed E-state index contributed by atoms with van der Waals surface area (Å²) in [6, 6.07) is 16.8. The molecule has 0 saturated carbocycles. The van der Waals surface area contributed by atoms with Crippen molar-refractivity contribution in [3.63, 3.8) is 0 Å². The number of hydrogen-bond donors (Lipinski definition) is 1. The van der Waals surface area contributed by atoms with Gasteiger partial charge in [-0.15, -0.1) is 0 Å². The monoisotopic (exact) mass is 288 g/mol. The molecule has 0 amide bonds. The van der Waals surface area contributed by atoms with Crippen LogP contribution in [-0.4, -0.2) is 14.1 Å². The minimum Gasteiger partial charge on any atom is -0.378 e. The van der Waals surface area contributed by atoms with E-state index in [9.17, 15) is 0 Å². The number of benzene rings is 2. The van der Waals surface area contributed by atoms with E-state index in [1.165, 1.54) is 11.3 Å². The van der Waals surface area contributed by atoms with Crippen molar-refractivity contribution < 1.29 is 0 Å². The van der Waals surface area contributed by atoms with Gasteiger partial charge < -0.3 is 10.2 Å². The molecule has 0 unspecified atom stereocenters. The second-order valence-corrected chi connectivity index (χ2v) is 5.59. The molecular weight excluding hydrogens is 268 g/mol. The Morgan fingerprint density at radius 1 is 1.05 bits per heavy atom. The average Bonchev–Trinajstić information content (AvgIpc) is 2.45. The third-order valence-corrected chi connectivity index (χ3v) is 3.78. The van der Waals surface area contributed by atoms with Crippen LogP contribution in [0.5, 0.6) is 0 Å². The van der Waals surface area contributed by atoms with Crippen molar-refractivity contribution >= 4 is 17.3 Å². The molecule has 1 atom stereocenters. The molecule has 0 aliphatic carbocycles. The molecule has 0 bridgehead atoms. The van der Waals surface area contributed by atoms with E-state index in [1.807, 2.05) is 32.3 Å². The van der Waals surface area contributed by atoms with Crippen LogP contribution in [0.15, 0.2) is 48.5 Å². The van der Waals surface area contributed by atoms with Gasteiger partial charge in [0.2, 0.25) is 0 Å². The van der Waals surface area contributed by atoms with Gasteiger partial charge in [-0.25, -0.2) is 0 Å². The molecule has 0 aromatic heterocycles. The molecule has 0 fully saturated rings. The Morgan fingerprint density at radius 2 is 1.70 bits per heavy atom. The standard InChI is InChI=1S/C17H21ClN2/c1-13(16-6-4-5-7-17(16)18)19-12-14-8-10-15(11-9-14)20(2)3/h4-11,13,19H,12H2,1-3H3/t13-/m0/s1. The Kier molecular flexibility index (Phi) is 5.05. The predicted molar refractivity (Wildman–Crippen MR) is 87.5 cm³/mol. The van der Waals surface area contributed by atoms with Gasteiger partial charge in [0.15, 0.2) is 0 Å². The number of halogens is 1. The zero-order valence-corrected chi connectivity index (χ0v) is 13.0. The van der Waals surface area contributed by atoms with E-state index in [0.717, 1.165) is 17.1 Å². The SMILES string of the molecule is C[C@H](NCc1ccc(N(C)C)cc1)c1ccccc1Cl. The summed E-state index contributed by atoms with van der Waals surface area (Å²) in [4.78, 5) is 2.10. The van der Waals surface area contributed by atoms with E-state index in [2.05, 4.69) is 47.5 Å². The van der Waals surface area contributed by atoms with Crippen LogP contribution in [0.3, 0.4) is 0 Å². The van der Waals surface area contributed by atoms with Gasteiger partial charge in [-0.05, 0) is 36.2 Å². The second kappa shape index (κ2) is 6.78. The van der Waals surface area contributed by atoms with Gasteiger partial charge >= 0.3 is 0 Å². The van der Waals surface area contributed by atoms with Crippen LogP contribution >= 0.6 is 11.6 Å². The van der Waals surface area contributed by atoms with Crippen molar-refractivity contribution in [3.05, 3.63) is 64.7 Å². The molecule has 3 heteroatoms. The lowest BCUT2D eigenvalue weighted by Gasteiger charge is -2.16. The number of anilines is 1. The predicted octanol–water partition coefficient (Wildman–Crippen LogP) is 4.26. The van der Waals surface area contributed by atoms with Crippen LogP contribution in [0.25, 0.3) is 0 Å². The largest absolute Gasteiger partial charge is 0.378 e. The molecule has 2 aromatic rings. The van der Waals surface area contributed by atoms with Gasteiger partial charge in [0.25, 0.3) is 0 Å². The third kappa shape index (κ3) is 3.75. The highest BCUT2D eigenvalue weighted by Crippen LogP contribution is 2.22. The van der Waals surface area contributed by atoms with Gasteiger partial charge in [0, 0.05) is 37.4 Å². The van der Waals surface area contributed by atoms with Crippen molar-refractivity contribution in [2.45, 2.75) is 19.5 Å². The van der Waals surface area contributed by atoms with E-state index in [4.69, 9.17) is 11.6 Å². The molecule has 1 N–H and O–H groups in total. The highest BCUT2D eigenvalue weighted by Gasteiger charge is 2.08. The summed E-state index contributed by atoms with van der Waals surface area (Å²) in [5.74, 6) is 0. The van der Waals surface area contributed by atoms with Crippen molar-refractivity contribution in [2.24, 2.45) is 0 Å². The summed E-state index contributed by atoms with van der Waals surface area (Å²) in [6.07, 6.45) is 0. The Morgan fingerprint density at radius 3 is 2.30 bits per heavy atom. The topological polar surface area (TPSA) is 15.3 Å². The maximum Gasteiger partial charge on any atom is 0.0453 e. The molecule has 20 heavy (non-hydrogen) atoms. The lowest BCUT2D eigenvalue weighted by molar-refractivity contribution is 0.575. The number of hydrogen-bond acceptors (Lipinski definition) is 2. The lowest BCUT2D eigenvalue weighted by atomic mass is 10.1. The van der Waals surface area contributed by atoms with Crippen molar-refractivity contribution in [1.82, 2.24) is 5.32 Å². The number of nitrogens with one attached hydrogen (secondary N) is 1. The van der Waals surface area contributed by atoms with Crippen LogP contribution in [0.1, 0.15) is 24.1 Å². The Labute approximate surface area is 126 Å². The molecule has 0 heterocycles. The van der Waals surface area contributed by atoms with E-state index in [1.54, 1.807) is 0 Å². The van der Waals surface area contributed by atoms with Gasteiger partial charge in [-0.2, -0.15) is 0 Å². The van der Waals surface area contributed by atoms with Crippen molar-refractivity contribution in [1.29, 1.82) is 0 Å². The van der Waals surface area contributed by atoms with Gasteiger partial charge in [0.1, 0.15) is 0 Å². The summed E-state index contributed by atoms with van der Waals surface area (Å²) >= 11 is 6.21. The lowest BCUT2D eigenvalue weighted by Crippen LogP contribution is -2.18. The highest BCUT2D eigenvalue weighted by atomic mass is 35.5. The van der Waals surface area contributed by atoms with Gasteiger partial charge in [-0.3, -0.25) is 0 Å². The number of nitrogens with zero attached hydrogens (tertiary/aromatic N) is 1. The molecule has 2 aromatic carbocycles. The maximum absolute atomic E-state index is 6.21. The first-order valence-corrected chi connectivity index (χ1v) is 7.20. The minimum atomic E-state index is 0.234. The fourth-order valence-corrected chi connectivity index (χ4v) is 2.42. The first-order valence-electron chi connectivity index (χ1n) is 6.82. The maximum atomic E-state index is 6.21.